The van der Waals surface area contributed by atoms with Crippen LogP contribution in [0, 0.1) is 0 Å². The summed E-state index contributed by atoms with van der Waals surface area (Å²) in [5.74, 6) is -0.281. The zero-order valence-electron chi connectivity index (χ0n) is 13.3. The Morgan fingerprint density at radius 3 is 2.44 bits per heavy atom. The van der Waals surface area contributed by atoms with Crippen LogP contribution in [0.2, 0.25) is 0 Å². The molecule has 4 aromatic rings. The van der Waals surface area contributed by atoms with Crippen molar-refractivity contribution in [2.75, 3.05) is 0 Å². The molecule has 0 unspecified atom stereocenters. The van der Waals surface area contributed by atoms with Crippen molar-refractivity contribution in [3.05, 3.63) is 72.3 Å². The number of fused-ring (bicyclic) bond motifs is 2. The van der Waals surface area contributed by atoms with Gasteiger partial charge in [-0.05, 0) is 22.9 Å². The first-order valence-corrected chi connectivity index (χ1v) is 7.89. The van der Waals surface area contributed by atoms with Gasteiger partial charge in [0.1, 0.15) is 17.6 Å². The Labute approximate surface area is 143 Å². The number of amides is 1. The Kier molecular flexibility index (Phi) is 3.92. The summed E-state index contributed by atoms with van der Waals surface area (Å²) in [5.41, 5.74) is 4.98. The van der Waals surface area contributed by atoms with E-state index in [9.17, 15) is 4.79 Å². The van der Waals surface area contributed by atoms with E-state index < -0.39 is 0 Å². The summed E-state index contributed by atoms with van der Waals surface area (Å²) < 4.78 is 0. The summed E-state index contributed by atoms with van der Waals surface area (Å²) in [6.07, 6.45) is 1.65. The molecule has 0 aliphatic carbocycles. The van der Waals surface area contributed by atoms with E-state index in [1.807, 2.05) is 66.7 Å². The standard InChI is InChI=1S/C19H15N5O/c25-19(13-24-22-17-10-3-4-11-18(17)23-24)21-20-12-15-8-5-7-14-6-1-2-9-16(14)15/h1-12H,13H2,(H,21,25)/b20-12+. The monoisotopic (exact) mass is 329 g/mol. The molecule has 0 bridgehead atoms. The van der Waals surface area contributed by atoms with Crippen molar-refractivity contribution in [3.8, 4) is 0 Å². The van der Waals surface area contributed by atoms with Crippen LogP contribution in [0.4, 0.5) is 0 Å². The van der Waals surface area contributed by atoms with E-state index in [0.717, 1.165) is 27.4 Å². The molecule has 3 aromatic carbocycles. The number of rotatable bonds is 4. The van der Waals surface area contributed by atoms with Gasteiger partial charge in [-0.2, -0.15) is 20.1 Å². The summed E-state index contributed by atoms with van der Waals surface area (Å²) in [6, 6.07) is 21.5. The van der Waals surface area contributed by atoms with Gasteiger partial charge in [0.2, 0.25) is 0 Å². The van der Waals surface area contributed by atoms with E-state index in [-0.39, 0.29) is 12.5 Å². The Morgan fingerprint density at radius 2 is 1.64 bits per heavy atom. The van der Waals surface area contributed by atoms with E-state index in [2.05, 4.69) is 20.7 Å². The summed E-state index contributed by atoms with van der Waals surface area (Å²) in [6.45, 7) is 0.0154. The fourth-order valence-corrected chi connectivity index (χ4v) is 2.68. The van der Waals surface area contributed by atoms with Crippen molar-refractivity contribution >= 4 is 33.9 Å². The van der Waals surface area contributed by atoms with E-state index in [4.69, 9.17) is 0 Å². The molecule has 0 spiro atoms. The number of hydrazone groups is 1. The molecule has 6 nitrogen and oxygen atoms in total. The first kappa shape index (κ1) is 15.0. The second kappa shape index (κ2) is 6.52. The fraction of sp³-hybridized carbons (Fsp3) is 0.0526. The Bertz CT molecular complexity index is 1050. The summed E-state index contributed by atoms with van der Waals surface area (Å²) in [4.78, 5) is 13.4. The molecule has 0 aliphatic heterocycles. The lowest BCUT2D eigenvalue weighted by Crippen LogP contribution is -2.24. The number of nitrogens with one attached hydrogen (secondary N) is 1. The highest BCUT2D eigenvalue weighted by molar-refractivity contribution is 5.99. The highest BCUT2D eigenvalue weighted by atomic mass is 16.2. The van der Waals surface area contributed by atoms with Crippen LogP contribution in [0.3, 0.4) is 0 Å². The van der Waals surface area contributed by atoms with Crippen molar-refractivity contribution in [1.29, 1.82) is 0 Å². The maximum absolute atomic E-state index is 12.0. The molecule has 6 heteroatoms. The lowest BCUT2D eigenvalue weighted by atomic mass is 10.1. The van der Waals surface area contributed by atoms with Gasteiger partial charge >= 0.3 is 0 Å². The Hall–Kier alpha value is -3.54. The highest BCUT2D eigenvalue weighted by Crippen LogP contribution is 2.16. The van der Waals surface area contributed by atoms with Crippen LogP contribution in [-0.2, 0) is 11.3 Å². The number of nitrogens with zero attached hydrogens (tertiary/aromatic N) is 4. The van der Waals surface area contributed by atoms with Gasteiger partial charge in [0.05, 0.1) is 6.21 Å². The van der Waals surface area contributed by atoms with Gasteiger partial charge in [-0.1, -0.05) is 54.6 Å². The Balaban J connectivity index is 1.45. The average molecular weight is 329 g/mol. The van der Waals surface area contributed by atoms with Gasteiger partial charge < -0.3 is 0 Å². The quantitative estimate of drug-likeness (QED) is 0.462. The van der Waals surface area contributed by atoms with Crippen molar-refractivity contribution in [3.63, 3.8) is 0 Å². The van der Waals surface area contributed by atoms with Crippen LogP contribution in [0.25, 0.3) is 21.8 Å². The first-order valence-electron chi connectivity index (χ1n) is 7.89. The molecule has 122 valence electrons. The molecule has 1 aromatic heterocycles. The number of hydrogen-bond acceptors (Lipinski definition) is 4. The van der Waals surface area contributed by atoms with Crippen LogP contribution in [0.1, 0.15) is 5.56 Å². The smallest absolute Gasteiger partial charge is 0.263 e. The van der Waals surface area contributed by atoms with Crippen LogP contribution in [-0.4, -0.2) is 27.1 Å². The maximum Gasteiger partial charge on any atom is 0.263 e. The third-order valence-corrected chi connectivity index (χ3v) is 3.83. The molecule has 1 heterocycles. The molecule has 4 rings (SSSR count). The molecule has 0 saturated heterocycles. The Morgan fingerprint density at radius 1 is 0.960 bits per heavy atom. The third kappa shape index (κ3) is 3.23. The normalized spacial score (nSPS) is 11.4. The largest absolute Gasteiger partial charge is 0.271 e. The topological polar surface area (TPSA) is 72.2 Å². The minimum Gasteiger partial charge on any atom is -0.271 e. The SMILES string of the molecule is O=C(Cn1nc2ccccc2n1)N/N=C/c1cccc2ccccc12. The summed E-state index contributed by atoms with van der Waals surface area (Å²) in [7, 11) is 0. The molecule has 25 heavy (non-hydrogen) atoms. The van der Waals surface area contributed by atoms with Crippen LogP contribution in [0.15, 0.2) is 71.8 Å². The predicted octanol–water partition coefficient (Wildman–Crippen LogP) is 2.73. The van der Waals surface area contributed by atoms with Gasteiger partial charge in [-0.3, -0.25) is 4.79 Å². The first-order chi connectivity index (χ1) is 12.3. The lowest BCUT2D eigenvalue weighted by Gasteiger charge is -2.02. The maximum atomic E-state index is 12.0. The van der Waals surface area contributed by atoms with Crippen molar-refractivity contribution < 1.29 is 4.79 Å². The molecular weight excluding hydrogens is 314 g/mol. The van der Waals surface area contributed by atoms with Crippen LogP contribution >= 0.6 is 0 Å². The summed E-state index contributed by atoms with van der Waals surface area (Å²) in [5, 5.41) is 14.8. The number of hydrogen-bond donors (Lipinski definition) is 1. The molecule has 0 fully saturated rings. The molecule has 1 amide bonds. The third-order valence-electron chi connectivity index (χ3n) is 3.83. The van der Waals surface area contributed by atoms with E-state index in [1.54, 1.807) is 6.21 Å². The second-order valence-electron chi connectivity index (χ2n) is 5.58. The number of aromatic nitrogens is 3. The molecule has 0 radical (unpaired) electrons. The molecule has 0 atom stereocenters. The number of carbonyl (C=O) groups is 1. The van der Waals surface area contributed by atoms with Crippen LogP contribution < -0.4 is 5.43 Å². The van der Waals surface area contributed by atoms with E-state index in [1.165, 1.54) is 4.80 Å². The van der Waals surface area contributed by atoms with Crippen LogP contribution in [0.5, 0.6) is 0 Å². The molecule has 0 saturated carbocycles. The van der Waals surface area contributed by atoms with Gasteiger partial charge in [0, 0.05) is 5.56 Å². The second-order valence-corrected chi connectivity index (χ2v) is 5.58. The van der Waals surface area contributed by atoms with Crippen molar-refractivity contribution in [1.82, 2.24) is 20.4 Å². The average Bonchev–Trinajstić information content (AvgIpc) is 3.04. The van der Waals surface area contributed by atoms with Crippen molar-refractivity contribution in [2.24, 2.45) is 5.10 Å². The molecular formula is C19H15N5O. The van der Waals surface area contributed by atoms with Gasteiger partial charge in [-0.25, -0.2) is 5.43 Å². The van der Waals surface area contributed by atoms with Gasteiger partial charge in [-0.15, -0.1) is 0 Å². The highest BCUT2D eigenvalue weighted by Gasteiger charge is 2.06. The van der Waals surface area contributed by atoms with E-state index in [0.29, 0.717) is 0 Å². The lowest BCUT2D eigenvalue weighted by molar-refractivity contribution is -0.122. The zero-order valence-corrected chi connectivity index (χ0v) is 13.3. The van der Waals surface area contributed by atoms with Gasteiger partial charge in [0.25, 0.3) is 5.91 Å². The molecule has 1 N–H and O–H groups in total. The minimum absolute atomic E-state index is 0.0154. The van der Waals surface area contributed by atoms with Crippen molar-refractivity contribution in [2.45, 2.75) is 6.54 Å². The molecule has 0 aliphatic rings. The minimum atomic E-state index is -0.281. The number of carbonyl (C=O) groups excluding carboxylic acids is 1. The van der Waals surface area contributed by atoms with Gasteiger partial charge in [0.15, 0.2) is 0 Å². The fourth-order valence-electron chi connectivity index (χ4n) is 2.68. The predicted molar refractivity (Wildman–Crippen MR) is 97.2 cm³/mol. The zero-order chi connectivity index (χ0) is 17.1. The van der Waals surface area contributed by atoms with E-state index >= 15 is 0 Å². The summed E-state index contributed by atoms with van der Waals surface area (Å²) >= 11 is 0. The number of benzene rings is 3.